The SMILES string of the molecule is Oc1ccc2cc(-c3n[nH]c4ccc(-c5n[nH]c(CN6CCCC6)n5)cc34)ccc2c1. The normalized spacial score (nSPS) is 14.7. The number of rotatable bonds is 4. The summed E-state index contributed by atoms with van der Waals surface area (Å²) in [6.07, 6.45) is 2.52. The molecule has 5 aromatic rings. The van der Waals surface area contributed by atoms with Gasteiger partial charge < -0.3 is 5.11 Å². The Hall–Kier alpha value is -3.71. The highest BCUT2D eigenvalue weighted by molar-refractivity contribution is 5.97. The van der Waals surface area contributed by atoms with Crippen LogP contribution in [0.3, 0.4) is 0 Å². The van der Waals surface area contributed by atoms with E-state index in [2.05, 4.69) is 37.4 Å². The second kappa shape index (κ2) is 7.21. The van der Waals surface area contributed by atoms with Gasteiger partial charge in [0.1, 0.15) is 11.6 Å². The average molecular weight is 410 g/mol. The van der Waals surface area contributed by atoms with Crippen LogP contribution < -0.4 is 0 Å². The highest BCUT2D eigenvalue weighted by atomic mass is 16.3. The first-order valence-electron chi connectivity index (χ1n) is 10.6. The largest absolute Gasteiger partial charge is 0.508 e. The molecule has 31 heavy (non-hydrogen) atoms. The van der Waals surface area contributed by atoms with Crippen LogP contribution in [-0.4, -0.2) is 48.5 Å². The molecule has 0 saturated carbocycles. The quantitative estimate of drug-likeness (QED) is 0.406. The Morgan fingerprint density at radius 3 is 2.55 bits per heavy atom. The van der Waals surface area contributed by atoms with Gasteiger partial charge in [-0.05, 0) is 73.1 Å². The number of nitrogens with zero attached hydrogens (tertiary/aromatic N) is 4. The Labute approximate surface area is 178 Å². The van der Waals surface area contributed by atoms with Crippen LogP contribution in [0.5, 0.6) is 5.75 Å². The fraction of sp³-hybridized carbons (Fsp3) is 0.208. The van der Waals surface area contributed by atoms with Crippen LogP contribution in [-0.2, 0) is 6.54 Å². The van der Waals surface area contributed by atoms with Crippen molar-refractivity contribution in [3.8, 4) is 28.4 Å². The lowest BCUT2D eigenvalue weighted by molar-refractivity contribution is 0.323. The molecular formula is C24H22N6O. The predicted octanol–water partition coefficient (Wildman–Crippen LogP) is 4.47. The lowest BCUT2D eigenvalue weighted by Gasteiger charge is -2.11. The van der Waals surface area contributed by atoms with Gasteiger partial charge in [0.05, 0.1) is 17.8 Å². The minimum atomic E-state index is 0.269. The molecule has 154 valence electrons. The van der Waals surface area contributed by atoms with E-state index in [1.165, 1.54) is 12.8 Å². The van der Waals surface area contributed by atoms with E-state index in [1.54, 1.807) is 12.1 Å². The van der Waals surface area contributed by atoms with Crippen LogP contribution in [0, 0.1) is 0 Å². The summed E-state index contributed by atoms with van der Waals surface area (Å²) < 4.78 is 0. The summed E-state index contributed by atoms with van der Waals surface area (Å²) >= 11 is 0. The molecule has 0 atom stereocenters. The fourth-order valence-corrected chi connectivity index (χ4v) is 4.40. The number of fused-ring (bicyclic) bond motifs is 2. The molecule has 1 fully saturated rings. The van der Waals surface area contributed by atoms with Gasteiger partial charge in [0, 0.05) is 16.5 Å². The van der Waals surface area contributed by atoms with Crippen molar-refractivity contribution in [1.29, 1.82) is 0 Å². The van der Waals surface area contributed by atoms with E-state index in [0.29, 0.717) is 5.82 Å². The zero-order valence-electron chi connectivity index (χ0n) is 17.0. The van der Waals surface area contributed by atoms with Crippen LogP contribution in [0.15, 0.2) is 54.6 Å². The summed E-state index contributed by atoms with van der Waals surface area (Å²) in [5.74, 6) is 1.88. The van der Waals surface area contributed by atoms with Crippen molar-refractivity contribution in [2.45, 2.75) is 19.4 Å². The molecule has 1 saturated heterocycles. The summed E-state index contributed by atoms with van der Waals surface area (Å²) in [6, 6.07) is 17.7. The van der Waals surface area contributed by atoms with Gasteiger partial charge in [-0.25, -0.2) is 4.98 Å². The van der Waals surface area contributed by atoms with E-state index in [9.17, 15) is 5.11 Å². The molecule has 7 heteroatoms. The van der Waals surface area contributed by atoms with Gasteiger partial charge in [0.2, 0.25) is 0 Å². The number of benzene rings is 3. The number of aromatic amines is 2. The van der Waals surface area contributed by atoms with Crippen LogP contribution in [0.25, 0.3) is 44.3 Å². The third kappa shape index (κ3) is 3.33. The number of phenolic OH excluding ortho intramolecular Hbond substituents is 1. The summed E-state index contributed by atoms with van der Waals surface area (Å²) in [6.45, 7) is 3.08. The van der Waals surface area contributed by atoms with E-state index in [0.717, 1.165) is 64.0 Å². The molecule has 0 unspecified atom stereocenters. The van der Waals surface area contributed by atoms with Gasteiger partial charge in [0.25, 0.3) is 0 Å². The molecule has 0 amide bonds. The maximum atomic E-state index is 9.71. The number of H-pyrrole nitrogens is 2. The van der Waals surface area contributed by atoms with Crippen molar-refractivity contribution in [3.63, 3.8) is 0 Å². The number of aromatic hydroxyl groups is 1. The standard InChI is InChI=1S/C24H22N6O/c31-19-7-5-15-11-17(4-3-16(15)12-19)23-20-13-18(6-8-21(20)26-28-23)24-25-22(27-29-24)14-30-9-1-2-10-30/h3-8,11-13,31H,1-2,9-10,14H2,(H,26,28)(H,25,27,29). The summed E-state index contributed by atoms with van der Waals surface area (Å²) in [5.41, 5.74) is 3.84. The second-order valence-corrected chi connectivity index (χ2v) is 8.17. The molecule has 3 aromatic carbocycles. The van der Waals surface area contributed by atoms with Crippen LogP contribution in [0.1, 0.15) is 18.7 Å². The van der Waals surface area contributed by atoms with Crippen LogP contribution in [0.2, 0.25) is 0 Å². The Morgan fingerprint density at radius 1 is 0.839 bits per heavy atom. The van der Waals surface area contributed by atoms with Crippen molar-refractivity contribution >= 4 is 21.7 Å². The first-order valence-corrected chi connectivity index (χ1v) is 10.6. The third-order valence-corrected chi connectivity index (χ3v) is 6.02. The van der Waals surface area contributed by atoms with Crippen molar-refractivity contribution < 1.29 is 5.11 Å². The van der Waals surface area contributed by atoms with Crippen molar-refractivity contribution in [1.82, 2.24) is 30.3 Å². The molecule has 0 bridgehead atoms. The number of likely N-dealkylation sites (tertiary alicyclic amines) is 1. The molecule has 0 aliphatic carbocycles. The van der Waals surface area contributed by atoms with Gasteiger partial charge in [0.15, 0.2) is 5.82 Å². The number of phenols is 1. The van der Waals surface area contributed by atoms with Crippen LogP contribution in [0.4, 0.5) is 0 Å². The van der Waals surface area contributed by atoms with E-state index in [1.807, 2.05) is 30.3 Å². The van der Waals surface area contributed by atoms with Crippen molar-refractivity contribution in [2.24, 2.45) is 0 Å². The second-order valence-electron chi connectivity index (χ2n) is 8.17. The highest BCUT2D eigenvalue weighted by Crippen LogP contribution is 2.32. The number of nitrogens with one attached hydrogen (secondary N) is 2. The molecule has 1 aliphatic heterocycles. The molecule has 1 aliphatic rings. The Morgan fingerprint density at radius 2 is 1.65 bits per heavy atom. The maximum Gasteiger partial charge on any atom is 0.181 e. The topological polar surface area (TPSA) is 93.7 Å². The fourth-order valence-electron chi connectivity index (χ4n) is 4.40. The molecule has 0 spiro atoms. The zero-order valence-corrected chi connectivity index (χ0v) is 17.0. The van der Waals surface area contributed by atoms with Gasteiger partial charge >= 0.3 is 0 Å². The summed E-state index contributed by atoms with van der Waals surface area (Å²) in [4.78, 5) is 7.13. The lowest BCUT2D eigenvalue weighted by Crippen LogP contribution is -2.19. The van der Waals surface area contributed by atoms with Gasteiger partial charge in [-0.1, -0.05) is 18.2 Å². The molecule has 2 aromatic heterocycles. The van der Waals surface area contributed by atoms with Gasteiger partial charge in [-0.15, -0.1) is 0 Å². The Balaban J connectivity index is 1.36. The van der Waals surface area contributed by atoms with Gasteiger partial charge in [-0.3, -0.25) is 15.1 Å². The molecule has 7 nitrogen and oxygen atoms in total. The molecule has 3 N–H and O–H groups in total. The van der Waals surface area contributed by atoms with E-state index >= 15 is 0 Å². The summed E-state index contributed by atoms with van der Waals surface area (Å²) in [7, 11) is 0. The number of hydrogen-bond acceptors (Lipinski definition) is 5. The molecule has 0 radical (unpaired) electrons. The first kappa shape index (κ1) is 18.1. The van der Waals surface area contributed by atoms with Crippen LogP contribution >= 0.6 is 0 Å². The van der Waals surface area contributed by atoms with E-state index in [-0.39, 0.29) is 5.75 Å². The number of aromatic nitrogens is 5. The minimum absolute atomic E-state index is 0.269. The maximum absolute atomic E-state index is 9.71. The number of hydrogen-bond donors (Lipinski definition) is 3. The molecule has 3 heterocycles. The Kier molecular flexibility index (Phi) is 4.21. The van der Waals surface area contributed by atoms with Crippen molar-refractivity contribution in [3.05, 3.63) is 60.4 Å². The monoisotopic (exact) mass is 410 g/mol. The minimum Gasteiger partial charge on any atom is -0.508 e. The summed E-state index contributed by atoms with van der Waals surface area (Å²) in [5, 5.41) is 28.0. The molecular weight excluding hydrogens is 388 g/mol. The highest BCUT2D eigenvalue weighted by Gasteiger charge is 2.16. The zero-order chi connectivity index (χ0) is 20.8. The smallest absolute Gasteiger partial charge is 0.181 e. The van der Waals surface area contributed by atoms with Gasteiger partial charge in [-0.2, -0.15) is 10.2 Å². The van der Waals surface area contributed by atoms with E-state index in [4.69, 9.17) is 4.98 Å². The van der Waals surface area contributed by atoms with E-state index < -0.39 is 0 Å². The first-order chi connectivity index (χ1) is 15.2. The Bertz CT molecular complexity index is 1400. The third-order valence-electron chi connectivity index (χ3n) is 6.02. The lowest BCUT2D eigenvalue weighted by atomic mass is 10.0. The van der Waals surface area contributed by atoms with Crippen molar-refractivity contribution in [2.75, 3.05) is 13.1 Å². The average Bonchev–Trinajstić information content (AvgIpc) is 3.54. The molecule has 6 rings (SSSR count). The predicted molar refractivity (Wildman–Crippen MR) is 121 cm³/mol.